The molecule has 0 aliphatic heterocycles. The predicted molar refractivity (Wildman–Crippen MR) is 85.6 cm³/mol. The van der Waals surface area contributed by atoms with Crippen LogP contribution >= 0.6 is 0 Å². The molecule has 0 saturated heterocycles. The van der Waals surface area contributed by atoms with Crippen molar-refractivity contribution in [3.05, 3.63) is 35.6 Å². The van der Waals surface area contributed by atoms with Crippen LogP contribution in [0.3, 0.4) is 0 Å². The molecule has 0 aromatic heterocycles. The van der Waals surface area contributed by atoms with Gasteiger partial charge in [-0.25, -0.2) is 0 Å². The quantitative estimate of drug-likeness (QED) is 0.523. The van der Waals surface area contributed by atoms with Crippen LogP contribution in [0.2, 0.25) is 0 Å². The molecule has 0 radical (unpaired) electrons. The molecule has 0 saturated carbocycles. The third-order valence-electron chi connectivity index (χ3n) is 3.46. The molecule has 0 bridgehead atoms. The topological polar surface area (TPSA) is 57.8 Å². The van der Waals surface area contributed by atoms with Crippen LogP contribution < -0.4 is 0 Å². The first kappa shape index (κ1) is 21.0. The van der Waals surface area contributed by atoms with Gasteiger partial charge in [0.1, 0.15) is 6.79 Å². The van der Waals surface area contributed by atoms with Crippen molar-refractivity contribution < 1.29 is 15.0 Å². The van der Waals surface area contributed by atoms with Gasteiger partial charge in [-0.15, -0.1) is 0 Å². The molecule has 1 rings (SSSR count). The lowest BCUT2D eigenvalue weighted by molar-refractivity contribution is -0.0979. The Morgan fingerprint density at radius 3 is 2.50 bits per heavy atom. The number of carbonyl (C=O) groups is 1. The van der Waals surface area contributed by atoms with Crippen LogP contribution in [0.4, 0.5) is 0 Å². The molecule has 1 aliphatic carbocycles. The van der Waals surface area contributed by atoms with Gasteiger partial charge in [-0.2, -0.15) is 0 Å². The highest BCUT2D eigenvalue weighted by Crippen LogP contribution is 2.26. The van der Waals surface area contributed by atoms with Gasteiger partial charge < -0.3 is 15.0 Å². The monoisotopic (exact) mass is 282 g/mol. The fourth-order valence-electron chi connectivity index (χ4n) is 2.25. The molecule has 0 amide bonds. The molecule has 1 atom stereocenters. The highest BCUT2D eigenvalue weighted by molar-refractivity contribution is 5.30. The van der Waals surface area contributed by atoms with E-state index in [0.717, 1.165) is 24.7 Å². The number of hydrogen-bond acceptors (Lipinski definition) is 2. The van der Waals surface area contributed by atoms with E-state index in [4.69, 9.17) is 9.53 Å². The van der Waals surface area contributed by atoms with Crippen LogP contribution in [0.5, 0.6) is 0 Å². The molecule has 0 aromatic carbocycles. The molecular formula is C17H30O3. The summed E-state index contributed by atoms with van der Waals surface area (Å²) in [6.45, 7) is 13.1. The van der Waals surface area contributed by atoms with Crippen molar-refractivity contribution in [1.29, 1.82) is 0 Å². The minimum atomic E-state index is 0. The maximum atomic E-state index is 8.00. The molecule has 3 nitrogen and oxygen atoms in total. The summed E-state index contributed by atoms with van der Waals surface area (Å²) in [6, 6.07) is 0. The molecule has 2 N–H and O–H groups in total. The number of hydrogen-bond donors (Lipinski definition) is 0. The number of unbranched alkanes of at least 4 members (excludes halogenated alkanes) is 1. The average molecular weight is 282 g/mol. The van der Waals surface area contributed by atoms with Gasteiger partial charge in [-0.05, 0) is 46.0 Å². The van der Waals surface area contributed by atoms with E-state index >= 15 is 0 Å². The van der Waals surface area contributed by atoms with Gasteiger partial charge in [0.15, 0.2) is 0 Å². The number of carbonyl (C=O) groups excluding carboxylic acids is 1. The number of ether oxygens (including phenoxy) is 1. The zero-order valence-electron chi connectivity index (χ0n) is 13.2. The summed E-state index contributed by atoms with van der Waals surface area (Å²) in [5.74, 6) is 1.69. The molecule has 1 unspecified atom stereocenters. The zero-order valence-corrected chi connectivity index (χ0v) is 13.2. The highest BCUT2D eigenvalue weighted by atomic mass is 16.5. The Morgan fingerprint density at radius 2 is 1.95 bits per heavy atom. The normalized spacial score (nSPS) is 16.9. The van der Waals surface area contributed by atoms with Crippen molar-refractivity contribution in [3.63, 3.8) is 0 Å². The van der Waals surface area contributed by atoms with Crippen LogP contribution in [0.15, 0.2) is 35.6 Å². The first-order valence-electron chi connectivity index (χ1n) is 7.08. The van der Waals surface area contributed by atoms with E-state index in [1.807, 2.05) is 13.7 Å². The second kappa shape index (κ2) is 12.7. The zero-order chi connectivity index (χ0) is 14.7. The first-order valence-corrected chi connectivity index (χ1v) is 7.08. The second-order valence-electron chi connectivity index (χ2n) is 4.95. The van der Waals surface area contributed by atoms with Crippen molar-refractivity contribution in [2.24, 2.45) is 5.92 Å². The minimum Gasteiger partial charge on any atom is -0.499 e. The lowest BCUT2D eigenvalue weighted by Crippen LogP contribution is -2.02. The molecule has 20 heavy (non-hydrogen) atoms. The highest BCUT2D eigenvalue weighted by Gasteiger charge is 2.10. The van der Waals surface area contributed by atoms with E-state index in [1.54, 1.807) is 0 Å². The van der Waals surface area contributed by atoms with Crippen molar-refractivity contribution in [1.82, 2.24) is 0 Å². The fourth-order valence-corrected chi connectivity index (χ4v) is 2.25. The summed E-state index contributed by atoms with van der Waals surface area (Å²) in [6.07, 6.45) is 10.8. The lowest BCUT2D eigenvalue weighted by atomic mass is 9.88. The largest absolute Gasteiger partial charge is 0.499 e. The maximum absolute atomic E-state index is 8.00. The van der Waals surface area contributed by atoms with Gasteiger partial charge in [0.05, 0.1) is 12.4 Å². The second-order valence-corrected chi connectivity index (χ2v) is 4.95. The Kier molecular flexibility index (Phi) is 13.3. The predicted octanol–water partition coefficient (Wildman–Crippen LogP) is 4.00. The maximum Gasteiger partial charge on any atom is 0.106 e. The molecule has 0 fully saturated rings. The molecule has 116 valence electrons. The van der Waals surface area contributed by atoms with Gasteiger partial charge in [0.2, 0.25) is 0 Å². The van der Waals surface area contributed by atoms with Crippen molar-refractivity contribution in [2.45, 2.75) is 52.9 Å². The smallest absolute Gasteiger partial charge is 0.106 e. The molecule has 0 heterocycles. The Morgan fingerprint density at radius 1 is 1.30 bits per heavy atom. The van der Waals surface area contributed by atoms with Crippen LogP contribution in [0, 0.1) is 5.92 Å². The van der Waals surface area contributed by atoms with Gasteiger partial charge >= 0.3 is 0 Å². The summed E-state index contributed by atoms with van der Waals surface area (Å²) < 4.78 is 5.35. The summed E-state index contributed by atoms with van der Waals surface area (Å²) >= 11 is 0. The summed E-state index contributed by atoms with van der Waals surface area (Å²) in [7, 11) is 0. The van der Waals surface area contributed by atoms with Crippen LogP contribution in [0.1, 0.15) is 52.9 Å². The van der Waals surface area contributed by atoms with E-state index in [9.17, 15) is 0 Å². The van der Waals surface area contributed by atoms with Gasteiger partial charge in [0.25, 0.3) is 0 Å². The van der Waals surface area contributed by atoms with Gasteiger partial charge in [0, 0.05) is 6.42 Å². The van der Waals surface area contributed by atoms with Crippen LogP contribution in [0.25, 0.3) is 0 Å². The van der Waals surface area contributed by atoms with E-state index in [1.165, 1.54) is 36.8 Å². The SMILES string of the molecule is C=C(CCCCC1C=C(C)C(C)=CC1)OCC.C=O.O. The number of rotatable bonds is 7. The summed E-state index contributed by atoms with van der Waals surface area (Å²) in [5.41, 5.74) is 2.91. The Bertz CT molecular complexity index is 329. The van der Waals surface area contributed by atoms with E-state index in [2.05, 4.69) is 32.6 Å². The fraction of sp³-hybridized carbons (Fsp3) is 0.588. The van der Waals surface area contributed by atoms with Gasteiger partial charge in [-0.3, -0.25) is 0 Å². The van der Waals surface area contributed by atoms with E-state index in [-0.39, 0.29) is 5.48 Å². The van der Waals surface area contributed by atoms with Crippen LogP contribution in [-0.4, -0.2) is 18.9 Å². The lowest BCUT2D eigenvalue weighted by Gasteiger charge is -2.18. The molecule has 0 spiro atoms. The third kappa shape index (κ3) is 8.70. The summed E-state index contributed by atoms with van der Waals surface area (Å²) in [5, 5.41) is 0. The molecule has 0 aromatic rings. The first-order chi connectivity index (χ1) is 9.13. The van der Waals surface area contributed by atoms with Crippen molar-refractivity contribution in [3.8, 4) is 0 Å². The standard InChI is InChI=1S/C16H26O.CH2O.H2O/c1-5-17-15(4)8-6-7-9-16-11-10-13(2)14(3)12-16;1-2;/h10,12,16H,4-9,11H2,1-3H3;1H2;1H2. The van der Waals surface area contributed by atoms with Crippen LogP contribution in [-0.2, 0) is 9.53 Å². The number of allylic oxidation sites excluding steroid dienone is 5. The van der Waals surface area contributed by atoms with Gasteiger partial charge in [-0.1, -0.05) is 36.3 Å². The minimum absolute atomic E-state index is 0. The van der Waals surface area contributed by atoms with E-state index < -0.39 is 0 Å². The Balaban J connectivity index is 0. The third-order valence-corrected chi connectivity index (χ3v) is 3.46. The Hall–Kier alpha value is -1.35. The van der Waals surface area contributed by atoms with E-state index in [0.29, 0.717) is 0 Å². The molecular weight excluding hydrogens is 252 g/mol. The molecule has 1 aliphatic rings. The molecule has 3 heteroatoms. The summed E-state index contributed by atoms with van der Waals surface area (Å²) in [4.78, 5) is 8.00. The van der Waals surface area contributed by atoms with Crippen molar-refractivity contribution >= 4 is 6.79 Å². The van der Waals surface area contributed by atoms with Crippen molar-refractivity contribution in [2.75, 3.05) is 6.61 Å². The average Bonchev–Trinajstić information content (AvgIpc) is 2.41. The Labute approximate surface area is 123 Å².